The Kier molecular flexibility index (Phi) is 8.53. The Hall–Kier alpha value is -2.82. The minimum atomic E-state index is -0.287. The average molecular weight is 382 g/mol. The van der Waals surface area contributed by atoms with Gasteiger partial charge in [-0.05, 0) is 56.0 Å². The lowest BCUT2D eigenvalue weighted by Gasteiger charge is -2.23. The zero-order valence-electron chi connectivity index (χ0n) is 17.4. The lowest BCUT2D eigenvalue weighted by atomic mass is 10.1. The van der Waals surface area contributed by atoms with E-state index in [1.165, 1.54) is 5.69 Å². The maximum Gasteiger partial charge on any atom is 0.277 e. The molecule has 0 fully saturated rings. The molecule has 1 N–H and O–H groups in total. The Morgan fingerprint density at radius 3 is 2.36 bits per heavy atom. The maximum atomic E-state index is 11.9. The summed E-state index contributed by atoms with van der Waals surface area (Å²) in [5.41, 5.74) is 6.83. The van der Waals surface area contributed by atoms with Crippen LogP contribution in [0.3, 0.4) is 0 Å². The average Bonchev–Trinajstić information content (AvgIpc) is 2.68. The van der Waals surface area contributed by atoms with Crippen LogP contribution in [0.15, 0.2) is 47.6 Å². The van der Waals surface area contributed by atoms with Gasteiger partial charge in [-0.2, -0.15) is 5.10 Å². The molecule has 0 unspecified atom stereocenters. The zero-order valence-corrected chi connectivity index (χ0v) is 17.4. The van der Waals surface area contributed by atoms with E-state index in [-0.39, 0.29) is 12.5 Å². The molecule has 0 aromatic heterocycles. The lowest BCUT2D eigenvalue weighted by molar-refractivity contribution is -0.123. The minimum Gasteiger partial charge on any atom is -0.483 e. The van der Waals surface area contributed by atoms with Crippen LogP contribution >= 0.6 is 0 Å². The maximum absolute atomic E-state index is 11.9. The normalized spacial score (nSPS) is 10.9. The van der Waals surface area contributed by atoms with Gasteiger partial charge in [-0.15, -0.1) is 0 Å². The molecule has 2 aromatic rings. The highest BCUT2D eigenvalue weighted by Crippen LogP contribution is 2.18. The van der Waals surface area contributed by atoms with Gasteiger partial charge in [-0.25, -0.2) is 5.43 Å². The van der Waals surface area contributed by atoms with E-state index < -0.39 is 0 Å². The van der Waals surface area contributed by atoms with Crippen LogP contribution in [0.5, 0.6) is 5.75 Å². The molecule has 0 heterocycles. The molecule has 1 amide bonds. The second kappa shape index (κ2) is 11.1. The van der Waals surface area contributed by atoms with Gasteiger partial charge in [0.1, 0.15) is 5.75 Å². The van der Waals surface area contributed by atoms with Crippen molar-refractivity contribution < 1.29 is 9.53 Å². The second-order valence-corrected chi connectivity index (χ2v) is 6.93. The number of hydrogen-bond acceptors (Lipinski definition) is 4. The summed E-state index contributed by atoms with van der Waals surface area (Å²) >= 11 is 0. The number of benzene rings is 2. The fourth-order valence-electron chi connectivity index (χ4n) is 3.00. The van der Waals surface area contributed by atoms with E-state index in [0.717, 1.165) is 42.6 Å². The molecule has 2 rings (SSSR count). The first-order chi connectivity index (χ1) is 13.5. The van der Waals surface area contributed by atoms with Crippen molar-refractivity contribution >= 4 is 17.8 Å². The van der Waals surface area contributed by atoms with Gasteiger partial charge in [0.05, 0.1) is 6.21 Å². The first-order valence-electron chi connectivity index (χ1n) is 9.90. The van der Waals surface area contributed by atoms with Crippen molar-refractivity contribution in [2.45, 2.75) is 40.5 Å². The second-order valence-electron chi connectivity index (χ2n) is 6.93. The van der Waals surface area contributed by atoms with Gasteiger partial charge in [-0.1, -0.05) is 43.7 Å². The van der Waals surface area contributed by atoms with Gasteiger partial charge >= 0.3 is 0 Å². The van der Waals surface area contributed by atoms with Crippen LogP contribution in [0.1, 0.15) is 43.4 Å². The summed E-state index contributed by atoms with van der Waals surface area (Å²) in [6.45, 7) is 10.4. The molecule has 0 saturated carbocycles. The smallest absolute Gasteiger partial charge is 0.277 e. The molecule has 150 valence electrons. The van der Waals surface area contributed by atoms with E-state index in [0.29, 0.717) is 5.75 Å². The van der Waals surface area contributed by atoms with Crippen LogP contribution in [-0.4, -0.2) is 31.8 Å². The van der Waals surface area contributed by atoms with Gasteiger partial charge in [0, 0.05) is 18.8 Å². The number of ether oxygens (including phenoxy) is 1. The van der Waals surface area contributed by atoms with Gasteiger partial charge in [-0.3, -0.25) is 4.79 Å². The van der Waals surface area contributed by atoms with Crippen molar-refractivity contribution in [3.8, 4) is 5.75 Å². The molecule has 0 bridgehead atoms. The number of amides is 1. The molecule has 0 saturated heterocycles. The topological polar surface area (TPSA) is 53.9 Å². The van der Waals surface area contributed by atoms with Crippen LogP contribution in [-0.2, 0) is 4.79 Å². The third kappa shape index (κ3) is 6.72. The number of anilines is 1. The fourth-order valence-corrected chi connectivity index (χ4v) is 3.00. The zero-order chi connectivity index (χ0) is 20.4. The minimum absolute atomic E-state index is 0.0663. The molecule has 5 nitrogen and oxygen atoms in total. The molecular formula is C23H31N3O2. The van der Waals surface area contributed by atoms with E-state index >= 15 is 0 Å². The Labute approximate surface area is 168 Å². The molecule has 0 aliphatic rings. The van der Waals surface area contributed by atoms with E-state index in [4.69, 9.17) is 4.74 Å². The summed E-state index contributed by atoms with van der Waals surface area (Å²) < 4.78 is 5.55. The van der Waals surface area contributed by atoms with Crippen LogP contribution in [0.4, 0.5) is 5.69 Å². The van der Waals surface area contributed by atoms with Crippen LogP contribution < -0.4 is 15.1 Å². The number of hydrazone groups is 1. The third-order valence-electron chi connectivity index (χ3n) is 4.34. The Balaban J connectivity index is 1.83. The number of hydrogen-bond donors (Lipinski definition) is 1. The van der Waals surface area contributed by atoms with E-state index in [1.54, 1.807) is 6.21 Å². The van der Waals surface area contributed by atoms with Crippen molar-refractivity contribution in [3.05, 3.63) is 59.2 Å². The fraction of sp³-hybridized carbons (Fsp3) is 0.391. The van der Waals surface area contributed by atoms with E-state index in [9.17, 15) is 4.79 Å². The van der Waals surface area contributed by atoms with Gasteiger partial charge < -0.3 is 9.64 Å². The first-order valence-corrected chi connectivity index (χ1v) is 9.90. The van der Waals surface area contributed by atoms with Crippen molar-refractivity contribution in [2.75, 3.05) is 24.6 Å². The van der Waals surface area contributed by atoms with Gasteiger partial charge in [0.2, 0.25) is 0 Å². The molecule has 28 heavy (non-hydrogen) atoms. The number of rotatable bonds is 10. The third-order valence-corrected chi connectivity index (χ3v) is 4.34. The predicted octanol–water partition coefficient (Wildman–Crippen LogP) is 4.46. The Bertz CT molecular complexity index is 779. The molecule has 0 aliphatic heterocycles. The number of carbonyl (C=O) groups is 1. The largest absolute Gasteiger partial charge is 0.483 e. The Morgan fingerprint density at radius 1 is 1.07 bits per heavy atom. The molecule has 2 aromatic carbocycles. The number of carbonyl (C=O) groups excluding carboxylic acids is 1. The highest BCUT2D eigenvalue weighted by atomic mass is 16.5. The summed E-state index contributed by atoms with van der Waals surface area (Å²) in [6.07, 6.45) is 3.89. The monoisotopic (exact) mass is 381 g/mol. The number of nitrogens with one attached hydrogen (secondary N) is 1. The van der Waals surface area contributed by atoms with Gasteiger partial charge in [0.15, 0.2) is 6.61 Å². The molecule has 0 aliphatic carbocycles. The number of aryl methyl sites for hydroxylation is 2. The summed E-state index contributed by atoms with van der Waals surface area (Å²) in [6, 6.07) is 14.1. The molecule has 0 spiro atoms. The molecule has 0 radical (unpaired) electrons. The SMILES string of the molecule is CCCN(CCC)c1ccc(C=NNC(=O)COc2ccc(C)cc2C)cc1. The van der Waals surface area contributed by atoms with Crippen LogP contribution in [0, 0.1) is 13.8 Å². The standard InChI is InChI=1S/C23H31N3O2/c1-5-13-26(14-6-2)21-10-8-20(9-11-21)16-24-25-23(27)17-28-22-12-7-18(3)15-19(22)4/h7-12,15-16H,5-6,13-14,17H2,1-4H3,(H,25,27). The van der Waals surface area contributed by atoms with Crippen molar-refractivity contribution in [2.24, 2.45) is 5.10 Å². The van der Waals surface area contributed by atoms with Crippen molar-refractivity contribution in [1.82, 2.24) is 5.43 Å². The quantitative estimate of drug-likeness (QED) is 0.488. The highest BCUT2D eigenvalue weighted by Gasteiger charge is 2.05. The predicted molar refractivity (Wildman–Crippen MR) is 116 cm³/mol. The summed E-state index contributed by atoms with van der Waals surface area (Å²) in [5.74, 6) is 0.425. The van der Waals surface area contributed by atoms with Crippen molar-refractivity contribution in [3.63, 3.8) is 0 Å². The number of nitrogens with zero attached hydrogens (tertiary/aromatic N) is 2. The molecular weight excluding hydrogens is 350 g/mol. The summed E-state index contributed by atoms with van der Waals surface area (Å²) in [4.78, 5) is 14.3. The lowest BCUT2D eigenvalue weighted by Crippen LogP contribution is -2.25. The van der Waals surface area contributed by atoms with E-state index in [2.05, 4.69) is 41.4 Å². The molecule has 0 atom stereocenters. The van der Waals surface area contributed by atoms with Crippen LogP contribution in [0.2, 0.25) is 0 Å². The van der Waals surface area contributed by atoms with Crippen molar-refractivity contribution in [1.29, 1.82) is 0 Å². The van der Waals surface area contributed by atoms with Gasteiger partial charge in [0.25, 0.3) is 5.91 Å². The molecule has 5 heteroatoms. The first kappa shape index (κ1) is 21.5. The highest BCUT2D eigenvalue weighted by molar-refractivity contribution is 5.83. The Morgan fingerprint density at radius 2 is 1.75 bits per heavy atom. The van der Waals surface area contributed by atoms with Crippen LogP contribution in [0.25, 0.3) is 0 Å². The summed E-state index contributed by atoms with van der Waals surface area (Å²) in [7, 11) is 0. The summed E-state index contributed by atoms with van der Waals surface area (Å²) in [5, 5.41) is 4.02. The van der Waals surface area contributed by atoms with E-state index in [1.807, 2.05) is 44.2 Å².